The van der Waals surface area contributed by atoms with E-state index in [1.54, 1.807) is 42.7 Å². The van der Waals surface area contributed by atoms with Gasteiger partial charge < -0.3 is 9.80 Å². The fourth-order valence-corrected chi connectivity index (χ4v) is 3.83. The van der Waals surface area contributed by atoms with Crippen LogP contribution in [-0.4, -0.2) is 75.9 Å². The van der Waals surface area contributed by atoms with Crippen LogP contribution in [0.3, 0.4) is 0 Å². The van der Waals surface area contributed by atoms with E-state index in [-0.39, 0.29) is 29.2 Å². The molecule has 0 atom stereocenters. The molecule has 3 rings (SSSR count). The number of hydrogen-bond acceptors (Lipinski definition) is 4. The second-order valence-electron chi connectivity index (χ2n) is 8.34. The molecule has 1 saturated heterocycles. The molecule has 0 saturated carbocycles. The fraction of sp³-hybridized carbons (Fsp3) is 0.524. The highest BCUT2D eigenvalue weighted by Crippen LogP contribution is 2.30. The van der Waals surface area contributed by atoms with Crippen LogP contribution in [0.15, 0.2) is 18.2 Å². The number of carbonyl (C=O) groups excluding carboxylic acids is 4. The predicted octanol–water partition coefficient (Wildman–Crippen LogP) is 2.38. The van der Waals surface area contributed by atoms with E-state index in [1.807, 2.05) is 0 Å². The number of halogens is 1. The molecule has 2 heterocycles. The Kier molecular flexibility index (Phi) is 5.98. The summed E-state index contributed by atoms with van der Waals surface area (Å²) in [6, 6.07) is 4.67. The lowest BCUT2D eigenvalue weighted by atomic mass is 10.0. The Morgan fingerprint density at radius 1 is 0.966 bits per heavy atom. The minimum absolute atomic E-state index is 0.0571. The summed E-state index contributed by atoms with van der Waals surface area (Å²) in [5, 5.41) is 0. The van der Waals surface area contributed by atoms with Gasteiger partial charge >= 0.3 is 0 Å². The Morgan fingerprint density at radius 2 is 1.55 bits per heavy atom. The van der Waals surface area contributed by atoms with Crippen molar-refractivity contribution >= 4 is 35.2 Å². The Labute approximate surface area is 175 Å². The van der Waals surface area contributed by atoms with Gasteiger partial charge in [-0.05, 0) is 45.4 Å². The average Bonchev–Trinajstić information content (AvgIpc) is 2.95. The van der Waals surface area contributed by atoms with Crippen LogP contribution >= 0.6 is 11.6 Å². The molecule has 0 unspecified atom stereocenters. The molecule has 2 aliphatic rings. The molecule has 0 spiro atoms. The maximum atomic E-state index is 12.9. The van der Waals surface area contributed by atoms with Gasteiger partial charge in [0.15, 0.2) is 0 Å². The molecule has 4 amide bonds. The molecular weight excluding hydrogens is 394 g/mol. The van der Waals surface area contributed by atoms with Crippen LogP contribution in [0.2, 0.25) is 0 Å². The zero-order valence-corrected chi connectivity index (χ0v) is 17.8. The third-order valence-corrected chi connectivity index (χ3v) is 5.52. The molecule has 2 aliphatic heterocycles. The highest BCUT2D eigenvalue weighted by Gasteiger charge is 2.42. The number of alkyl halides is 1. The molecule has 1 aromatic rings. The summed E-state index contributed by atoms with van der Waals surface area (Å²) in [4.78, 5) is 55.0. The summed E-state index contributed by atoms with van der Waals surface area (Å²) < 4.78 is 0. The van der Waals surface area contributed by atoms with E-state index < -0.39 is 5.54 Å². The molecule has 29 heavy (non-hydrogen) atoms. The van der Waals surface area contributed by atoms with E-state index in [1.165, 1.54) is 11.0 Å². The first kappa shape index (κ1) is 21.3. The van der Waals surface area contributed by atoms with Crippen molar-refractivity contribution in [2.24, 2.45) is 0 Å². The lowest BCUT2D eigenvalue weighted by Gasteiger charge is -2.35. The van der Waals surface area contributed by atoms with Crippen molar-refractivity contribution < 1.29 is 19.2 Å². The molecule has 0 N–H and O–H groups in total. The second kappa shape index (κ2) is 8.14. The SMILES string of the molecule is CC(C)(C)N1C(=O)c2ccc(C(=O)N3CCN(C(=O)CCCCl)CC3)cc2C1=O. The quantitative estimate of drug-likeness (QED) is 0.554. The van der Waals surface area contributed by atoms with Crippen molar-refractivity contribution in [2.75, 3.05) is 32.1 Å². The molecule has 7 nitrogen and oxygen atoms in total. The maximum absolute atomic E-state index is 12.9. The van der Waals surface area contributed by atoms with Gasteiger partial charge in [0.2, 0.25) is 5.91 Å². The highest BCUT2D eigenvalue weighted by atomic mass is 35.5. The first-order valence-corrected chi connectivity index (χ1v) is 10.3. The molecule has 0 radical (unpaired) electrons. The lowest BCUT2D eigenvalue weighted by Crippen LogP contribution is -2.50. The van der Waals surface area contributed by atoms with Gasteiger partial charge in [0, 0.05) is 49.6 Å². The Bertz CT molecular complexity index is 854. The smallest absolute Gasteiger partial charge is 0.262 e. The number of benzene rings is 1. The number of hydrogen-bond donors (Lipinski definition) is 0. The van der Waals surface area contributed by atoms with E-state index in [9.17, 15) is 19.2 Å². The van der Waals surface area contributed by atoms with Gasteiger partial charge in [0.05, 0.1) is 11.1 Å². The summed E-state index contributed by atoms with van der Waals surface area (Å²) in [7, 11) is 0. The van der Waals surface area contributed by atoms with Gasteiger partial charge in [-0.1, -0.05) is 0 Å². The monoisotopic (exact) mass is 419 g/mol. The maximum Gasteiger partial charge on any atom is 0.262 e. The molecule has 0 aliphatic carbocycles. The van der Waals surface area contributed by atoms with Crippen molar-refractivity contribution in [3.63, 3.8) is 0 Å². The Morgan fingerprint density at radius 3 is 2.14 bits per heavy atom. The molecular formula is C21H26ClN3O4. The van der Waals surface area contributed by atoms with E-state index in [0.717, 1.165) is 0 Å². The minimum atomic E-state index is -0.635. The normalized spacial score (nSPS) is 17.0. The van der Waals surface area contributed by atoms with Gasteiger partial charge in [0.1, 0.15) is 0 Å². The molecule has 1 fully saturated rings. The van der Waals surface area contributed by atoms with Crippen molar-refractivity contribution in [3.8, 4) is 0 Å². The van der Waals surface area contributed by atoms with Crippen LogP contribution in [0.5, 0.6) is 0 Å². The first-order chi connectivity index (χ1) is 13.6. The van der Waals surface area contributed by atoms with Crippen molar-refractivity contribution in [1.29, 1.82) is 0 Å². The third kappa shape index (κ3) is 4.15. The van der Waals surface area contributed by atoms with E-state index in [2.05, 4.69) is 0 Å². The van der Waals surface area contributed by atoms with Crippen LogP contribution in [0, 0.1) is 0 Å². The lowest BCUT2D eigenvalue weighted by molar-refractivity contribution is -0.132. The van der Waals surface area contributed by atoms with Crippen molar-refractivity contribution in [2.45, 2.75) is 39.2 Å². The zero-order valence-electron chi connectivity index (χ0n) is 17.0. The summed E-state index contributed by atoms with van der Waals surface area (Å²) in [6.45, 7) is 7.23. The number of nitrogens with zero attached hydrogens (tertiary/aromatic N) is 3. The van der Waals surface area contributed by atoms with Crippen LogP contribution in [0.1, 0.15) is 64.7 Å². The highest BCUT2D eigenvalue weighted by molar-refractivity contribution is 6.22. The molecule has 156 valence electrons. The standard InChI is InChI=1S/C21H26ClN3O4/c1-21(2,3)25-19(28)15-7-6-14(13-16(15)20(25)29)18(27)24-11-9-23(10-12-24)17(26)5-4-8-22/h6-7,13H,4-5,8-12H2,1-3H3. The number of amides is 4. The number of rotatable bonds is 4. The summed E-state index contributed by atoms with van der Waals surface area (Å²) in [6.07, 6.45) is 1.07. The van der Waals surface area contributed by atoms with Crippen LogP contribution in [0.4, 0.5) is 0 Å². The molecule has 0 aromatic heterocycles. The van der Waals surface area contributed by atoms with E-state index >= 15 is 0 Å². The number of carbonyl (C=O) groups is 4. The van der Waals surface area contributed by atoms with Gasteiger partial charge in [-0.3, -0.25) is 24.1 Å². The Balaban J connectivity index is 1.70. The van der Waals surface area contributed by atoms with Crippen LogP contribution in [0.25, 0.3) is 0 Å². The predicted molar refractivity (Wildman–Crippen MR) is 109 cm³/mol. The van der Waals surface area contributed by atoms with E-state index in [4.69, 9.17) is 11.6 Å². The summed E-state index contributed by atoms with van der Waals surface area (Å²) >= 11 is 5.64. The van der Waals surface area contributed by atoms with Gasteiger partial charge in [-0.2, -0.15) is 0 Å². The topological polar surface area (TPSA) is 78.0 Å². The Hall–Kier alpha value is -2.41. The van der Waals surface area contributed by atoms with Crippen LogP contribution < -0.4 is 0 Å². The minimum Gasteiger partial charge on any atom is -0.339 e. The number of piperazine rings is 1. The first-order valence-electron chi connectivity index (χ1n) is 9.81. The second-order valence-corrected chi connectivity index (χ2v) is 8.72. The molecule has 8 heteroatoms. The largest absolute Gasteiger partial charge is 0.339 e. The van der Waals surface area contributed by atoms with E-state index in [0.29, 0.717) is 56.0 Å². The van der Waals surface area contributed by atoms with Crippen molar-refractivity contribution in [3.05, 3.63) is 34.9 Å². The van der Waals surface area contributed by atoms with Crippen molar-refractivity contribution in [1.82, 2.24) is 14.7 Å². The molecule has 0 bridgehead atoms. The van der Waals surface area contributed by atoms with Gasteiger partial charge in [-0.25, -0.2) is 0 Å². The number of fused-ring (bicyclic) bond motifs is 1. The molecule has 1 aromatic carbocycles. The summed E-state index contributed by atoms with van der Waals surface area (Å²) in [5.41, 5.74) is 0.341. The fourth-order valence-electron chi connectivity index (χ4n) is 3.70. The van der Waals surface area contributed by atoms with Crippen LogP contribution in [-0.2, 0) is 4.79 Å². The van der Waals surface area contributed by atoms with Gasteiger partial charge in [-0.15, -0.1) is 11.6 Å². The summed E-state index contributed by atoms with van der Waals surface area (Å²) in [5.74, 6) is -0.393. The average molecular weight is 420 g/mol. The zero-order chi connectivity index (χ0) is 21.3. The number of imide groups is 1. The third-order valence-electron chi connectivity index (χ3n) is 5.25. The van der Waals surface area contributed by atoms with Gasteiger partial charge in [0.25, 0.3) is 17.7 Å².